The lowest BCUT2D eigenvalue weighted by molar-refractivity contribution is -0.154. The summed E-state index contributed by atoms with van der Waals surface area (Å²) >= 11 is 0. The van der Waals surface area contributed by atoms with E-state index in [0.717, 1.165) is 64.2 Å². The Bertz CT molecular complexity index is 939. The summed E-state index contributed by atoms with van der Waals surface area (Å²) in [6.07, 6.45) is 10.1. The summed E-state index contributed by atoms with van der Waals surface area (Å²) in [5, 5.41) is 2.85. The second-order valence-corrected chi connectivity index (χ2v) is 13.9. The summed E-state index contributed by atoms with van der Waals surface area (Å²) < 4.78 is 5.49. The Hall–Kier alpha value is -2.12. The van der Waals surface area contributed by atoms with Crippen molar-refractivity contribution in [3.8, 4) is 0 Å². The first-order chi connectivity index (χ1) is 18.0. The van der Waals surface area contributed by atoms with Gasteiger partial charge >= 0.3 is 6.09 Å². The third kappa shape index (κ3) is 4.64. The molecule has 2 aliphatic heterocycles. The van der Waals surface area contributed by atoms with Gasteiger partial charge in [0.05, 0.1) is 17.5 Å². The molecule has 38 heavy (non-hydrogen) atoms. The summed E-state index contributed by atoms with van der Waals surface area (Å²) in [5.41, 5.74) is -1.36. The lowest BCUT2D eigenvalue weighted by Gasteiger charge is -2.46. The number of ether oxygens (including phenoxy) is 1. The minimum Gasteiger partial charge on any atom is -0.444 e. The van der Waals surface area contributed by atoms with Gasteiger partial charge in [0, 0.05) is 12.5 Å². The normalized spacial score (nSPS) is 28.7. The van der Waals surface area contributed by atoms with Gasteiger partial charge in [-0.3, -0.25) is 19.3 Å². The molecule has 3 atom stereocenters. The second kappa shape index (κ2) is 10.1. The Morgan fingerprint density at radius 1 is 0.921 bits per heavy atom. The van der Waals surface area contributed by atoms with Crippen molar-refractivity contribution in [2.75, 3.05) is 6.54 Å². The number of hydrogen-bond donors (Lipinski definition) is 1. The smallest absolute Gasteiger partial charge is 0.408 e. The van der Waals surface area contributed by atoms with E-state index in [4.69, 9.17) is 4.74 Å². The maximum Gasteiger partial charge on any atom is 0.408 e. The van der Waals surface area contributed by atoms with Crippen LogP contribution in [0.1, 0.15) is 105 Å². The minimum atomic E-state index is -0.753. The van der Waals surface area contributed by atoms with Gasteiger partial charge in [-0.2, -0.15) is 0 Å². The molecule has 0 aromatic carbocycles. The summed E-state index contributed by atoms with van der Waals surface area (Å²) in [4.78, 5) is 58.9. The molecule has 8 heteroatoms. The van der Waals surface area contributed by atoms with Crippen molar-refractivity contribution >= 4 is 23.8 Å². The van der Waals surface area contributed by atoms with Gasteiger partial charge in [0.15, 0.2) is 0 Å². The van der Waals surface area contributed by atoms with Gasteiger partial charge in [0.2, 0.25) is 17.7 Å². The molecule has 0 radical (unpaired) electrons. The van der Waals surface area contributed by atoms with Crippen molar-refractivity contribution in [3.05, 3.63) is 0 Å². The number of carbonyl (C=O) groups excluding carboxylic acids is 4. The lowest BCUT2D eigenvalue weighted by Crippen LogP contribution is -2.60. The number of nitrogens with one attached hydrogen (secondary N) is 1. The van der Waals surface area contributed by atoms with Gasteiger partial charge in [0.25, 0.3) is 0 Å². The molecular formula is C30H47N3O5. The fourth-order valence-electron chi connectivity index (χ4n) is 8.25. The molecule has 8 nitrogen and oxygen atoms in total. The number of fused-ring (bicyclic) bond motifs is 1. The molecular weight excluding hydrogens is 482 g/mol. The van der Waals surface area contributed by atoms with Crippen LogP contribution in [-0.4, -0.2) is 63.9 Å². The van der Waals surface area contributed by atoms with Crippen molar-refractivity contribution in [2.45, 2.75) is 129 Å². The quantitative estimate of drug-likeness (QED) is 0.505. The van der Waals surface area contributed by atoms with E-state index in [-0.39, 0.29) is 53.5 Å². The number of carbonyl (C=O) groups is 4. The van der Waals surface area contributed by atoms with Crippen LogP contribution in [-0.2, 0) is 19.1 Å². The van der Waals surface area contributed by atoms with E-state index in [1.807, 2.05) is 18.7 Å². The van der Waals surface area contributed by atoms with Gasteiger partial charge in [-0.05, 0) is 83.5 Å². The van der Waals surface area contributed by atoms with Crippen molar-refractivity contribution in [1.82, 2.24) is 15.1 Å². The number of alkyl carbamates (subject to hydrolysis) is 1. The Kier molecular flexibility index (Phi) is 7.31. The van der Waals surface area contributed by atoms with Crippen LogP contribution in [0.25, 0.3) is 0 Å². The predicted octanol–water partition coefficient (Wildman–Crippen LogP) is 4.65. The number of amides is 4. The summed E-state index contributed by atoms with van der Waals surface area (Å²) in [7, 11) is 0. The Morgan fingerprint density at radius 3 is 1.95 bits per heavy atom. The Morgan fingerprint density at radius 2 is 1.47 bits per heavy atom. The average molecular weight is 530 g/mol. The third-order valence-electron chi connectivity index (χ3n) is 9.89. The molecule has 212 valence electrons. The van der Waals surface area contributed by atoms with Crippen molar-refractivity contribution in [3.63, 3.8) is 0 Å². The van der Waals surface area contributed by atoms with Crippen LogP contribution in [0, 0.1) is 29.1 Å². The first-order valence-electron chi connectivity index (χ1n) is 15.1. The van der Waals surface area contributed by atoms with Gasteiger partial charge < -0.3 is 15.0 Å². The molecule has 3 saturated carbocycles. The molecule has 5 aliphatic rings. The first-order valence-corrected chi connectivity index (χ1v) is 15.1. The standard InChI is InChI=1S/C30H47N3O5/c1-18(2)23(31-28(37)38-29(3,4)5)26(35)32-17-16-22-24(32)30(20-10-6-7-11-20,21-12-8-9-13-21)27(36)33(22)25(34)19-14-15-19/h18-24H,6-17H2,1-5H3,(H,31,37)/t22-,23-,24-/m0/s1. The zero-order valence-electron chi connectivity index (χ0n) is 24.0. The van der Waals surface area contributed by atoms with Crippen LogP contribution in [0.2, 0.25) is 0 Å². The number of hydrogen-bond acceptors (Lipinski definition) is 5. The minimum absolute atomic E-state index is 0.00976. The first kappa shape index (κ1) is 27.4. The Labute approximate surface area is 227 Å². The van der Waals surface area contributed by atoms with E-state index in [1.165, 1.54) is 0 Å². The fraction of sp³-hybridized carbons (Fsp3) is 0.867. The monoisotopic (exact) mass is 529 g/mol. The molecule has 2 heterocycles. The SMILES string of the molecule is CC(C)[C@H](NC(=O)OC(C)(C)C)C(=O)N1CC[C@H]2[C@H]1C(C1CCCC1)(C1CCCC1)C(=O)N2C(=O)C1CC1. The number of nitrogens with zero attached hydrogens (tertiary/aromatic N) is 2. The van der Waals surface area contributed by atoms with Crippen LogP contribution in [0.3, 0.4) is 0 Å². The molecule has 0 spiro atoms. The highest BCUT2D eigenvalue weighted by molar-refractivity contribution is 6.04. The van der Waals surface area contributed by atoms with Crippen LogP contribution in [0.5, 0.6) is 0 Å². The number of likely N-dealkylation sites (tertiary alicyclic amines) is 2. The van der Waals surface area contributed by atoms with E-state index in [9.17, 15) is 19.2 Å². The van der Waals surface area contributed by atoms with Crippen molar-refractivity contribution < 1.29 is 23.9 Å². The van der Waals surface area contributed by atoms with E-state index >= 15 is 0 Å². The largest absolute Gasteiger partial charge is 0.444 e. The maximum absolute atomic E-state index is 14.7. The third-order valence-corrected chi connectivity index (χ3v) is 9.89. The summed E-state index contributed by atoms with van der Waals surface area (Å²) in [6, 6.07) is -1.31. The van der Waals surface area contributed by atoms with Crippen LogP contribution in [0.15, 0.2) is 0 Å². The van der Waals surface area contributed by atoms with Gasteiger partial charge in [-0.25, -0.2) is 4.79 Å². The number of imide groups is 1. The molecule has 3 aliphatic carbocycles. The number of rotatable bonds is 6. The fourth-order valence-corrected chi connectivity index (χ4v) is 8.25. The van der Waals surface area contributed by atoms with Gasteiger partial charge in [0.1, 0.15) is 11.6 Å². The summed E-state index contributed by atoms with van der Waals surface area (Å²) in [5.74, 6) is 0.0746. The molecule has 5 fully saturated rings. The zero-order valence-corrected chi connectivity index (χ0v) is 24.0. The molecule has 5 rings (SSSR count). The average Bonchev–Trinajstić information content (AvgIpc) is 3.24. The van der Waals surface area contributed by atoms with Gasteiger partial charge in [-0.1, -0.05) is 39.5 Å². The second-order valence-electron chi connectivity index (χ2n) is 13.9. The van der Waals surface area contributed by atoms with Crippen molar-refractivity contribution in [2.24, 2.45) is 29.1 Å². The lowest BCUT2D eigenvalue weighted by atomic mass is 9.60. The molecule has 2 saturated heterocycles. The molecule has 4 amide bonds. The van der Waals surface area contributed by atoms with Crippen LogP contribution < -0.4 is 5.32 Å². The van der Waals surface area contributed by atoms with E-state index in [2.05, 4.69) is 5.32 Å². The highest BCUT2D eigenvalue weighted by Crippen LogP contribution is 2.61. The zero-order chi connectivity index (χ0) is 27.4. The highest BCUT2D eigenvalue weighted by Gasteiger charge is 2.71. The molecule has 0 aromatic heterocycles. The topological polar surface area (TPSA) is 96.0 Å². The van der Waals surface area contributed by atoms with E-state index in [1.54, 1.807) is 25.7 Å². The van der Waals surface area contributed by atoms with E-state index < -0.39 is 23.2 Å². The summed E-state index contributed by atoms with van der Waals surface area (Å²) in [6.45, 7) is 9.77. The highest BCUT2D eigenvalue weighted by atomic mass is 16.6. The Balaban J connectivity index is 1.53. The maximum atomic E-state index is 14.7. The van der Waals surface area contributed by atoms with E-state index in [0.29, 0.717) is 13.0 Å². The van der Waals surface area contributed by atoms with Crippen LogP contribution in [0.4, 0.5) is 4.79 Å². The molecule has 0 unspecified atom stereocenters. The van der Waals surface area contributed by atoms with Crippen LogP contribution >= 0.6 is 0 Å². The van der Waals surface area contributed by atoms with Gasteiger partial charge in [-0.15, -0.1) is 0 Å². The molecule has 0 bridgehead atoms. The molecule has 0 aromatic rings. The molecule has 1 N–H and O–H groups in total. The predicted molar refractivity (Wildman–Crippen MR) is 143 cm³/mol. The van der Waals surface area contributed by atoms with Crippen molar-refractivity contribution in [1.29, 1.82) is 0 Å².